The Kier molecular flexibility index (Phi) is 5.99. The summed E-state index contributed by atoms with van der Waals surface area (Å²) in [7, 11) is 1.39. The fourth-order valence-electron chi connectivity index (χ4n) is 2.02. The smallest absolute Gasteiger partial charge is 0.306 e. The van der Waals surface area contributed by atoms with Gasteiger partial charge in [0.25, 0.3) is 0 Å². The second kappa shape index (κ2) is 7.26. The number of hydrogen-bond donors (Lipinski definition) is 1. The van der Waals surface area contributed by atoms with Gasteiger partial charge in [0, 0.05) is 13.1 Å². The molecule has 0 aliphatic rings. The summed E-state index contributed by atoms with van der Waals surface area (Å²) < 4.78 is 4.63. The summed E-state index contributed by atoms with van der Waals surface area (Å²) in [6, 6.07) is 9.57. The fraction of sp³-hybridized carbons (Fsp3) is 0.533. The van der Waals surface area contributed by atoms with E-state index in [-0.39, 0.29) is 5.97 Å². The SMILES string of the molecule is CCN(CCC(=O)OC)CC(C)(O)c1ccccc1. The maximum atomic E-state index is 11.2. The quantitative estimate of drug-likeness (QED) is 0.764. The van der Waals surface area contributed by atoms with Gasteiger partial charge in [-0.15, -0.1) is 0 Å². The number of carbonyl (C=O) groups excluding carboxylic acids is 1. The van der Waals surface area contributed by atoms with Gasteiger partial charge in [-0.05, 0) is 19.0 Å². The summed E-state index contributed by atoms with van der Waals surface area (Å²) in [6.07, 6.45) is 0.342. The molecular formula is C15H23NO3. The lowest BCUT2D eigenvalue weighted by atomic mass is 9.95. The number of hydrogen-bond acceptors (Lipinski definition) is 4. The number of nitrogens with zero attached hydrogens (tertiary/aromatic N) is 1. The molecule has 0 spiro atoms. The van der Waals surface area contributed by atoms with Gasteiger partial charge in [-0.25, -0.2) is 0 Å². The molecule has 0 aliphatic heterocycles. The maximum absolute atomic E-state index is 11.2. The van der Waals surface area contributed by atoms with Crippen LogP contribution in [-0.2, 0) is 15.1 Å². The molecule has 1 aromatic carbocycles. The maximum Gasteiger partial charge on any atom is 0.306 e. The number of esters is 1. The molecule has 0 heterocycles. The molecule has 0 aromatic heterocycles. The van der Waals surface area contributed by atoms with Gasteiger partial charge in [0.05, 0.1) is 19.1 Å². The number of aliphatic hydroxyl groups is 1. The van der Waals surface area contributed by atoms with Gasteiger partial charge >= 0.3 is 5.97 Å². The zero-order valence-corrected chi connectivity index (χ0v) is 11.9. The van der Waals surface area contributed by atoms with Crippen LogP contribution in [0.2, 0.25) is 0 Å². The van der Waals surface area contributed by atoms with Crippen LogP contribution in [0.1, 0.15) is 25.8 Å². The first-order valence-corrected chi connectivity index (χ1v) is 6.56. The largest absolute Gasteiger partial charge is 0.469 e. The van der Waals surface area contributed by atoms with Crippen LogP contribution in [0, 0.1) is 0 Å². The summed E-state index contributed by atoms with van der Waals surface area (Å²) in [6.45, 7) is 5.66. The van der Waals surface area contributed by atoms with E-state index in [1.807, 2.05) is 42.2 Å². The van der Waals surface area contributed by atoms with Crippen molar-refractivity contribution < 1.29 is 14.6 Å². The topological polar surface area (TPSA) is 49.8 Å². The normalized spacial score (nSPS) is 14.2. The average molecular weight is 265 g/mol. The Morgan fingerprint density at radius 1 is 1.37 bits per heavy atom. The summed E-state index contributed by atoms with van der Waals surface area (Å²) in [5, 5.41) is 10.6. The lowest BCUT2D eigenvalue weighted by Crippen LogP contribution is -2.39. The predicted octanol–water partition coefficient (Wildman–Crippen LogP) is 1.78. The Morgan fingerprint density at radius 3 is 2.53 bits per heavy atom. The van der Waals surface area contributed by atoms with Gasteiger partial charge in [0.2, 0.25) is 0 Å². The molecule has 1 rings (SSSR count). The molecule has 0 aliphatic carbocycles. The Labute approximate surface area is 115 Å². The van der Waals surface area contributed by atoms with Gasteiger partial charge in [-0.2, -0.15) is 0 Å². The van der Waals surface area contributed by atoms with Crippen LogP contribution in [0.4, 0.5) is 0 Å². The van der Waals surface area contributed by atoms with Crippen molar-refractivity contribution >= 4 is 5.97 Å². The van der Waals surface area contributed by atoms with E-state index in [0.29, 0.717) is 19.5 Å². The number of ether oxygens (including phenoxy) is 1. The standard InChI is InChI=1S/C15H23NO3/c1-4-16(11-10-14(17)19-3)12-15(2,18)13-8-6-5-7-9-13/h5-9,18H,4,10-12H2,1-3H3. The molecule has 0 radical (unpaired) electrons. The lowest BCUT2D eigenvalue weighted by Gasteiger charge is -2.31. The van der Waals surface area contributed by atoms with Gasteiger partial charge in [0.1, 0.15) is 0 Å². The molecule has 0 amide bonds. The number of likely N-dealkylation sites (N-methyl/N-ethyl adjacent to an activating group) is 1. The fourth-order valence-corrected chi connectivity index (χ4v) is 2.02. The number of carbonyl (C=O) groups is 1. The highest BCUT2D eigenvalue weighted by atomic mass is 16.5. The molecule has 1 aromatic rings. The molecule has 0 saturated carbocycles. The Bertz CT molecular complexity index is 390. The molecule has 106 valence electrons. The van der Waals surface area contributed by atoms with Crippen LogP contribution in [0.15, 0.2) is 30.3 Å². The molecule has 1 N–H and O–H groups in total. The zero-order valence-electron chi connectivity index (χ0n) is 11.9. The van der Waals surface area contributed by atoms with Gasteiger partial charge in [-0.1, -0.05) is 37.3 Å². The minimum atomic E-state index is -0.923. The third-order valence-electron chi connectivity index (χ3n) is 3.23. The monoisotopic (exact) mass is 265 g/mol. The lowest BCUT2D eigenvalue weighted by molar-refractivity contribution is -0.141. The van der Waals surface area contributed by atoms with E-state index in [2.05, 4.69) is 4.74 Å². The molecule has 1 unspecified atom stereocenters. The van der Waals surface area contributed by atoms with Crippen LogP contribution in [0.3, 0.4) is 0 Å². The minimum absolute atomic E-state index is 0.224. The number of methoxy groups -OCH3 is 1. The zero-order chi connectivity index (χ0) is 14.3. The first-order chi connectivity index (χ1) is 8.99. The summed E-state index contributed by atoms with van der Waals surface area (Å²) >= 11 is 0. The van der Waals surface area contributed by atoms with Crippen molar-refractivity contribution in [2.75, 3.05) is 26.7 Å². The molecule has 0 fully saturated rings. The average Bonchev–Trinajstić information content (AvgIpc) is 2.43. The third-order valence-corrected chi connectivity index (χ3v) is 3.23. The molecule has 0 saturated heterocycles. The van der Waals surface area contributed by atoms with Crippen LogP contribution in [0.25, 0.3) is 0 Å². The van der Waals surface area contributed by atoms with Crippen molar-refractivity contribution in [3.63, 3.8) is 0 Å². The van der Waals surface area contributed by atoms with Crippen LogP contribution >= 0.6 is 0 Å². The molecule has 19 heavy (non-hydrogen) atoms. The highest BCUT2D eigenvalue weighted by Crippen LogP contribution is 2.21. The van der Waals surface area contributed by atoms with Crippen molar-refractivity contribution in [1.29, 1.82) is 0 Å². The van der Waals surface area contributed by atoms with Crippen molar-refractivity contribution in [2.24, 2.45) is 0 Å². The van der Waals surface area contributed by atoms with Crippen LogP contribution < -0.4 is 0 Å². The Hall–Kier alpha value is -1.39. The summed E-state index contributed by atoms with van der Waals surface area (Å²) in [4.78, 5) is 13.2. The second-order valence-electron chi connectivity index (χ2n) is 4.83. The molecular weight excluding hydrogens is 242 g/mol. The number of rotatable bonds is 7. The van der Waals surface area contributed by atoms with E-state index >= 15 is 0 Å². The van der Waals surface area contributed by atoms with E-state index in [0.717, 1.165) is 12.1 Å². The Morgan fingerprint density at radius 2 is 2.00 bits per heavy atom. The molecule has 4 heteroatoms. The second-order valence-corrected chi connectivity index (χ2v) is 4.83. The van der Waals surface area contributed by atoms with E-state index in [1.165, 1.54) is 7.11 Å². The highest BCUT2D eigenvalue weighted by Gasteiger charge is 2.25. The van der Waals surface area contributed by atoms with Gasteiger partial charge in [0.15, 0.2) is 0 Å². The number of benzene rings is 1. The van der Waals surface area contributed by atoms with Crippen molar-refractivity contribution in [3.8, 4) is 0 Å². The van der Waals surface area contributed by atoms with Crippen molar-refractivity contribution in [1.82, 2.24) is 4.90 Å². The summed E-state index contributed by atoms with van der Waals surface area (Å²) in [5.74, 6) is -0.224. The molecule has 1 atom stereocenters. The minimum Gasteiger partial charge on any atom is -0.469 e. The predicted molar refractivity (Wildman–Crippen MR) is 74.8 cm³/mol. The summed E-state index contributed by atoms with van der Waals surface area (Å²) in [5.41, 5.74) is -0.0422. The van der Waals surface area contributed by atoms with Crippen molar-refractivity contribution in [2.45, 2.75) is 25.9 Å². The van der Waals surface area contributed by atoms with E-state index < -0.39 is 5.60 Å². The first kappa shape index (κ1) is 15.7. The van der Waals surface area contributed by atoms with E-state index in [4.69, 9.17) is 0 Å². The molecule has 0 bridgehead atoms. The third kappa shape index (κ3) is 5.01. The van der Waals surface area contributed by atoms with Crippen LogP contribution in [-0.4, -0.2) is 42.7 Å². The first-order valence-electron chi connectivity index (χ1n) is 6.56. The highest BCUT2D eigenvalue weighted by molar-refractivity contribution is 5.69. The Balaban J connectivity index is 2.61. The van der Waals surface area contributed by atoms with Crippen molar-refractivity contribution in [3.05, 3.63) is 35.9 Å². The van der Waals surface area contributed by atoms with Gasteiger partial charge in [-0.3, -0.25) is 9.69 Å². The van der Waals surface area contributed by atoms with E-state index in [1.54, 1.807) is 6.92 Å². The van der Waals surface area contributed by atoms with E-state index in [9.17, 15) is 9.90 Å². The van der Waals surface area contributed by atoms with Crippen LogP contribution in [0.5, 0.6) is 0 Å². The van der Waals surface area contributed by atoms with Gasteiger partial charge < -0.3 is 9.84 Å². The molecule has 4 nitrogen and oxygen atoms in total.